The monoisotopic (exact) mass is 304 g/mol. The molecule has 1 N–H and O–H groups in total. The van der Waals surface area contributed by atoms with Crippen LogP contribution in [0.25, 0.3) is 0 Å². The van der Waals surface area contributed by atoms with Crippen LogP contribution in [-0.4, -0.2) is 23.2 Å². The number of benzene rings is 1. The molecule has 1 aliphatic rings. The van der Waals surface area contributed by atoms with Gasteiger partial charge in [-0.05, 0) is 6.07 Å². The Kier molecular flexibility index (Phi) is 4.01. The van der Waals surface area contributed by atoms with Crippen LogP contribution >= 0.6 is 0 Å². The number of nitro groups is 1. The smallest absolute Gasteiger partial charge is 0.405 e. The summed E-state index contributed by atoms with van der Waals surface area (Å²) in [7, 11) is 0. The average Bonchev–Trinajstić information content (AvgIpc) is 2.37. The molecule has 1 heterocycles. The molecule has 0 spiro atoms. The fourth-order valence-corrected chi connectivity index (χ4v) is 2.25. The molecular weight excluding hydrogens is 293 g/mol. The van der Waals surface area contributed by atoms with Crippen LogP contribution in [0, 0.1) is 10.1 Å². The number of nitrogens with one attached hydrogen (secondary N) is 1. The third kappa shape index (κ3) is 3.61. The van der Waals surface area contributed by atoms with Gasteiger partial charge in [0, 0.05) is 23.3 Å². The van der Waals surface area contributed by atoms with Crippen molar-refractivity contribution in [2.45, 2.75) is 31.3 Å². The zero-order chi connectivity index (χ0) is 15.6. The van der Waals surface area contributed by atoms with Crippen LogP contribution in [0.1, 0.15) is 24.4 Å². The van der Waals surface area contributed by atoms with Crippen molar-refractivity contribution in [2.24, 2.45) is 0 Å². The molecule has 0 bridgehead atoms. The summed E-state index contributed by atoms with van der Waals surface area (Å²) >= 11 is 0. The number of ether oxygens (including phenoxy) is 1. The number of carbonyl (C=O) groups excluding carboxylic acids is 1. The van der Waals surface area contributed by atoms with Crippen molar-refractivity contribution in [2.75, 3.05) is 0 Å². The maximum Gasteiger partial charge on any atom is 0.573 e. The van der Waals surface area contributed by atoms with Gasteiger partial charge in [-0.1, -0.05) is 18.2 Å². The second-order valence-electron chi connectivity index (χ2n) is 4.52. The van der Waals surface area contributed by atoms with Gasteiger partial charge in [0.05, 0.1) is 0 Å². The van der Waals surface area contributed by atoms with Crippen molar-refractivity contribution in [3.05, 3.63) is 39.9 Å². The normalized spacial score (nSPS) is 22.5. The molecule has 1 aromatic rings. The molecule has 1 aliphatic heterocycles. The Morgan fingerprint density at radius 3 is 2.62 bits per heavy atom. The summed E-state index contributed by atoms with van der Waals surface area (Å²) in [4.78, 5) is 21.8. The predicted octanol–water partition coefficient (Wildman–Crippen LogP) is 2.18. The van der Waals surface area contributed by atoms with Gasteiger partial charge in [-0.3, -0.25) is 14.9 Å². The zero-order valence-electron chi connectivity index (χ0n) is 10.6. The largest absolute Gasteiger partial charge is 0.573 e. The molecule has 2 rings (SSSR count). The molecule has 21 heavy (non-hydrogen) atoms. The van der Waals surface area contributed by atoms with Crippen molar-refractivity contribution < 1.29 is 27.6 Å². The SMILES string of the molecule is O=C1CC[C@H]([N+](=O)[O-])[C@H](c2ccccc2OC(F)(F)F)N1. The zero-order valence-corrected chi connectivity index (χ0v) is 10.6. The van der Waals surface area contributed by atoms with Crippen molar-refractivity contribution in [3.63, 3.8) is 0 Å². The first-order chi connectivity index (χ1) is 9.78. The van der Waals surface area contributed by atoms with Crippen molar-refractivity contribution >= 4 is 5.91 Å². The molecule has 6 nitrogen and oxygen atoms in total. The van der Waals surface area contributed by atoms with E-state index in [9.17, 15) is 28.1 Å². The fourth-order valence-electron chi connectivity index (χ4n) is 2.25. The Hall–Kier alpha value is -2.32. The first-order valence-corrected chi connectivity index (χ1v) is 6.05. The molecule has 1 fully saturated rings. The average molecular weight is 304 g/mol. The Morgan fingerprint density at radius 1 is 1.33 bits per heavy atom. The number of piperidine rings is 1. The molecule has 2 atom stereocenters. The number of carbonyl (C=O) groups is 1. The molecule has 0 radical (unpaired) electrons. The minimum Gasteiger partial charge on any atom is -0.405 e. The van der Waals surface area contributed by atoms with E-state index in [1.54, 1.807) is 0 Å². The predicted molar refractivity (Wildman–Crippen MR) is 64.0 cm³/mol. The van der Waals surface area contributed by atoms with Crippen LogP contribution < -0.4 is 10.1 Å². The van der Waals surface area contributed by atoms with Gasteiger partial charge in [0.2, 0.25) is 11.9 Å². The molecule has 1 aromatic carbocycles. The van der Waals surface area contributed by atoms with E-state index in [2.05, 4.69) is 10.1 Å². The van der Waals surface area contributed by atoms with Gasteiger partial charge in [0.15, 0.2) is 0 Å². The minimum absolute atomic E-state index is 0.0373. The highest BCUT2D eigenvalue weighted by Gasteiger charge is 2.41. The number of nitrogens with zero attached hydrogens (tertiary/aromatic N) is 1. The van der Waals surface area contributed by atoms with Crippen LogP contribution in [0.2, 0.25) is 0 Å². The molecule has 1 amide bonds. The Labute approximate surface area is 117 Å². The summed E-state index contributed by atoms with van der Waals surface area (Å²) in [6, 6.07) is 2.72. The lowest BCUT2D eigenvalue weighted by atomic mass is 9.92. The summed E-state index contributed by atoms with van der Waals surface area (Å²) in [5.41, 5.74) is -0.0652. The number of halogens is 3. The molecule has 1 saturated heterocycles. The summed E-state index contributed by atoms with van der Waals surface area (Å²) in [5.74, 6) is -0.996. The highest BCUT2D eigenvalue weighted by molar-refractivity contribution is 5.77. The van der Waals surface area contributed by atoms with Crippen LogP contribution in [-0.2, 0) is 4.79 Å². The van der Waals surface area contributed by atoms with Crippen molar-refractivity contribution in [3.8, 4) is 5.75 Å². The summed E-state index contributed by atoms with van der Waals surface area (Å²) in [5, 5.41) is 13.4. The standard InChI is InChI=1S/C12H11F3N2O4/c13-12(14,15)21-9-4-2-1-3-7(9)11-8(17(19)20)5-6-10(18)16-11/h1-4,8,11H,5-6H2,(H,16,18)/t8-,11-/m0/s1. The van der Waals surface area contributed by atoms with Crippen LogP contribution in [0.5, 0.6) is 5.75 Å². The van der Waals surface area contributed by atoms with Gasteiger partial charge in [0.25, 0.3) is 0 Å². The van der Waals surface area contributed by atoms with Crippen molar-refractivity contribution in [1.82, 2.24) is 5.32 Å². The lowest BCUT2D eigenvalue weighted by Crippen LogP contribution is -2.45. The number of hydrogen-bond donors (Lipinski definition) is 1. The van der Waals surface area contributed by atoms with Gasteiger partial charge in [-0.15, -0.1) is 13.2 Å². The minimum atomic E-state index is -4.92. The third-order valence-electron chi connectivity index (χ3n) is 3.12. The van der Waals surface area contributed by atoms with Gasteiger partial charge >= 0.3 is 6.36 Å². The number of rotatable bonds is 3. The van der Waals surface area contributed by atoms with E-state index < -0.39 is 35.0 Å². The maximum absolute atomic E-state index is 12.4. The molecule has 0 unspecified atom stereocenters. The van der Waals surface area contributed by atoms with Crippen molar-refractivity contribution in [1.29, 1.82) is 0 Å². The van der Waals surface area contributed by atoms with E-state index in [4.69, 9.17) is 0 Å². The molecule has 9 heteroatoms. The molecule has 114 valence electrons. The summed E-state index contributed by atoms with van der Waals surface area (Å²) in [6.07, 6.45) is -4.99. The van der Waals surface area contributed by atoms with Crippen LogP contribution in [0.4, 0.5) is 13.2 Å². The molecule has 0 aromatic heterocycles. The molecular formula is C12H11F3N2O4. The second-order valence-corrected chi connectivity index (χ2v) is 4.52. The van der Waals surface area contributed by atoms with Crippen LogP contribution in [0.3, 0.4) is 0 Å². The summed E-state index contributed by atoms with van der Waals surface area (Å²) < 4.78 is 41.0. The van der Waals surface area contributed by atoms with E-state index in [-0.39, 0.29) is 18.4 Å². The highest BCUT2D eigenvalue weighted by Crippen LogP contribution is 2.34. The highest BCUT2D eigenvalue weighted by atomic mass is 19.4. The number of amides is 1. The lowest BCUT2D eigenvalue weighted by molar-refractivity contribution is -0.529. The van der Waals surface area contributed by atoms with E-state index in [0.29, 0.717) is 0 Å². The van der Waals surface area contributed by atoms with Gasteiger partial charge in [0.1, 0.15) is 11.8 Å². The van der Waals surface area contributed by atoms with Crippen LogP contribution in [0.15, 0.2) is 24.3 Å². The fraction of sp³-hybridized carbons (Fsp3) is 0.417. The Morgan fingerprint density at radius 2 is 2.00 bits per heavy atom. The first kappa shape index (κ1) is 15.1. The van der Waals surface area contributed by atoms with E-state index in [1.165, 1.54) is 18.2 Å². The Balaban J connectivity index is 2.38. The Bertz CT molecular complexity index is 562. The molecule has 0 aliphatic carbocycles. The lowest BCUT2D eigenvalue weighted by Gasteiger charge is -2.28. The van der Waals surface area contributed by atoms with Gasteiger partial charge in [-0.2, -0.15) is 0 Å². The summed E-state index contributed by atoms with van der Waals surface area (Å²) in [6.45, 7) is 0. The van der Waals surface area contributed by atoms with E-state index in [0.717, 1.165) is 6.07 Å². The maximum atomic E-state index is 12.4. The number of para-hydroxylation sites is 1. The molecule has 0 saturated carbocycles. The number of hydrogen-bond acceptors (Lipinski definition) is 4. The topological polar surface area (TPSA) is 81.5 Å². The van der Waals surface area contributed by atoms with Gasteiger partial charge in [-0.25, -0.2) is 0 Å². The van der Waals surface area contributed by atoms with E-state index >= 15 is 0 Å². The second kappa shape index (κ2) is 5.58. The van der Waals surface area contributed by atoms with Gasteiger partial charge < -0.3 is 10.1 Å². The quantitative estimate of drug-likeness (QED) is 0.685. The van der Waals surface area contributed by atoms with E-state index in [1.807, 2.05) is 0 Å². The third-order valence-corrected chi connectivity index (χ3v) is 3.12. The first-order valence-electron chi connectivity index (χ1n) is 6.05. The number of alkyl halides is 3.